The topological polar surface area (TPSA) is 53.1 Å². The lowest BCUT2D eigenvalue weighted by Gasteiger charge is -2.37. The summed E-state index contributed by atoms with van der Waals surface area (Å²) in [5, 5.41) is 0. The molecule has 2 aliphatic rings. The number of benzene rings is 3. The maximum atomic E-state index is 13.0. The number of methoxy groups -OCH3 is 1. The lowest BCUT2D eigenvalue weighted by molar-refractivity contribution is -0.119. The number of nitrogens with zero attached hydrogens (tertiary/aromatic N) is 3. The maximum absolute atomic E-state index is 13.0. The second kappa shape index (κ2) is 9.59. The van der Waals surface area contributed by atoms with Crippen LogP contribution in [0.15, 0.2) is 72.8 Å². The summed E-state index contributed by atoms with van der Waals surface area (Å²) in [6, 6.07) is 23.9. The fourth-order valence-corrected chi connectivity index (χ4v) is 4.84. The molecule has 0 bridgehead atoms. The van der Waals surface area contributed by atoms with Gasteiger partial charge in [-0.2, -0.15) is 0 Å². The second-order valence-electron chi connectivity index (χ2n) is 8.76. The van der Waals surface area contributed by atoms with Crippen LogP contribution in [0.1, 0.15) is 27.9 Å². The van der Waals surface area contributed by atoms with Crippen molar-refractivity contribution < 1.29 is 14.3 Å². The molecule has 2 aliphatic heterocycles. The van der Waals surface area contributed by atoms with Gasteiger partial charge in [0.15, 0.2) is 0 Å². The van der Waals surface area contributed by atoms with E-state index < -0.39 is 0 Å². The number of piperazine rings is 1. The zero-order chi connectivity index (χ0) is 23.5. The van der Waals surface area contributed by atoms with Crippen LogP contribution in [0.4, 0.5) is 11.4 Å². The van der Waals surface area contributed by atoms with Gasteiger partial charge >= 0.3 is 0 Å². The Kier molecular flexibility index (Phi) is 6.21. The Hall–Kier alpha value is -3.80. The minimum Gasteiger partial charge on any atom is -0.496 e. The van der Waals surface area contributed by atoms with Crippen LogP contribution in [-0.4, -0.2) is 50.0 Å². The molecule has 0 spiro atoms. The molecule has 2 amide bonds. The summed E-state index contributed by atoms with van der Waals surface area (Å²) in [6.45, 7) is 3.45. The number of hydrogen-bond acceptors (Lipinski definition) is 4. The fraction of sp³-hybridized carbons (Fsp3) is 0.286. The van der Waals surface area contributed by atoms with Crippen molar-refractivity contribution in [3.05, 3.63) is 89.5 Å². The second-order valence-corrected chi connectivity index (χ2v) is 8.76. The molecule has 6 heteroatoms. The van der Waals surface area contributed by atoms with Gasteiger partial charge in [-0.05, 0) is 47.9 Å². The van der Waals surface area contributed by atoms with Gasteiger partial charge in [0.1, 0.15) is 5.75 Å². The van der Waals surface area contributed by atoms with Crippen molar-refractivity contribution in [3.63, 3.8) is 0 Å². The van der Waals surface area contributed by atoms with Crippen LogP contribution < -0.4 is 14.5 Å². The summed E-state index contributed by atoms with van der Waals surface area (Å²) >= 11 is 0. The molecule has 3 aromatic rings. The molecule has 1 fully saturated rings. The molecule has 3 aromatic carbocycles. The van der Waals surface area contributed by atoms with Crippen molar-refractivity contribution in [1.82, 2.24) is 4.90 Å². The summed E-state index contributed by atoms with van der Waals surface area (Å²) in [6.07, 6.45) is 1.30. The van der Waals surface area contributed by atoms with Crippen LogP contribution in [0.2, 0.25) is 0 Å². The number of carbonyl (C=O) groups excluding carboxylic acids is 2. The first-order valence-corrected chi connectivity index (χ1v) is 11.8. The largest absolute Gasteiger partial charge is 0.496 e. The van der Waals surface area contributed by atoms with Crippen LogP contribution in [0.3, 0.4) is 0 Å². The van der Waals surface area contributed by atoms with E-state index in [0.717, 1.165) is 36.4 Å². The Morgan fingerprint density at radius 1 is 0.882 bits per heavy atom. The van der Waals surface area contributed by atoms with Crippen molar-refractivity contribution in [3.8, 4) is 5.75 Å². The van der Waals surface area contributed by atoms with Crippen LogP contribution in [0.25, 0.3) is 0 Å². The SMILES string of the molecule is COc1ccccc1C(=O)N1CCN(c2ccc3c(c2)CCC(=O)N3Cc2ccccc2)CC1. The number of hydrogen-bond donors (Lipinski definition) is 0. The molecule has 174 valence electrons. The molecule has 5 rings (SSSR count). The molecular formula is C28H29N3O3. The van der Waals surface area contributed by atoms with Gasteiger partial charge in [-0.1, -0.05) is 42.5 Å². The normalized spacial score (nSPS) is 15.8. The van der Waals surface area contributed by atoms with E-state index in [1.54, 1.807) is 7.11 Å². The molecule has 0 radical (unpaired) electrons. The number of aryl methyl sites for hydroxylation is 1. The average molecular weight is 456 g/mol. The van der Waals surface area contributed by atoms with Crippen LogP contribution >= 0.6 is 0 Å². The van der Waals surface area contributed by atoms with Crippen molar-refractivity contribution >= 4 is 23.2 Å². The first kappa shape index (κ1) is 22.0. The third-order valence-corrected chi connectivity index (χ3v) is 6.72. The third-order valence-electron chi connectivity index (χ3n) is 6.72. The van der Waals surface area contributed by atoms with E-state index in [1.807, 2.05) is 52.3 Å². The zero-order valence-electron chi connectivity index (χ0n) is 19.4. The van der Waals surface area contributed by atoms with Crippen molar-refractivity contribution in [2.24, 2.45) is 0 Å². The molecule has 0 saturated carbocycles. The highest BCUT2D eigenvalue weighted by atomic mass is 16.5. The Bertz CT molecular complexity index is 1190. The van der Waals surface area contributed by atoms with Crippen molar-refractivity contribution in [1.29, 1.82) is 0 Å². The maximum Gasteiger partial charge on any atom is 0.257 e. The molecule has 0 aromatic heterocycles. The van der Waals surface area contributed by atoms with Crippen molar-refractivity contribution in [2.75, 3.05) is 43.1 Å². The van der Waals surface area contributed by atoms with Gasteiger partial charge < -0.3 is 19.4 Å². The number of fused-ring (bicyclic) bond motifs is 1. The minimum atomic E-state index is 0.0117. The predicted molar refractivity (Wildman–Crippen MR) is 134 cm³/mol. The number of carbonyl (C=O) groups is 2. The quantitative estimate of drug-likeness (QED) is 0.580. The smallest absolute Gasteiger partial charge is 0.257 e. The highest BCUT2D eigenvalue weighted by Crippen LogP contribution is 2.33. The van der Waals surface area contributed by atoms with Gasteiger partial charge in [-0.15, -0.1) is 0 Å². The molecule has 2 heterocycles. The summed E-state index contributed by atoms with van der Waals surface area (Å²) in [5.74, 6) is 0.796. The van der Waals surface area contributed by atoms with Crippen molar-refractivity contribution in [2.45, 2.75) is 19.4 Å². The highest BCUT2D eigenvalue weighted by molar-refractivity contribution is 5.97. The third kappa shape index (κ3) is 4.36. The van der Waals surface area contributed by atoms with Gasteiger partial charge in [0.2, 0.25) is 5.91 Å². The lowest BCUT2D eigenvalue weighted by atomic mass is 9.99. The first-order valence-electron chi connectivity index (χ1n) is 11.8. The zero-order valence-corrected chi connectivity index (χ0v) is 19.4. The number of anilines is 2. The van der Waals surface area contributed by atoms with E-state index in [2.05, 4.69) is 35.2 Å². The Balaban J connectivity index is 1.28. The monoisotopic (exact) mass is 455 g/mol. The minimum absolute atomic E-state index is 0.0117. The van der Waals surface area contributed by atoms with Gasteiger partial charge in [0.05, 0.1) is 19.2 Å². The molecule has 0 atom stereocenters. The molecule has 34 heavy (non-hydrogen) atoms. The molecule has 0 aliphatic carbocycles. The first-order chi connectivity index (χ1) is 16.6. The summed E-state index contributed by atoms with van der Waals surface area (Å²) in [7, 11) is 1.59. The van der Waals surface area contributed by atoms with E-state index in [0.29, 0.717) is 37.4 Å². The standard InChI is InChI=1S/C28H29N3O3/c1-34-26-10-6-5-9-24(26)28(33)30-17-15-29(16-18-30)23-12-13-25-22(19-23)11-14-27(32)31(25)20-21-7-3-2-4-8-21/h2-10,12-13,19H,11,14-18,20H2,1H3. The fourth-order valence-electron chi connectivity index (χ4n) is 4.84. The Morgan fingerprint density at radius 3 is 2.38 bits per heavy atom. The van der Waals surface area contributed by atoms with E-state index in [4.69, 9.17) is 4.74 Å². The summed E-state index contributed by atoms with van der Waals surface area (Å²) in [4.78, 5) is 31.8. The number of rotatable bonds is 5. The molecule has 0 N–H and O–H groups in total. The molecule has 1 saturated heterocycles. The van der Waals surface area contributed by atoms with E-state index in [1.165, 1.54) is 5.56 Å². The van der Waals surface area contributed by atoms with E-state index in [-0.39, 0.29) is 11.8 Å². The van der Waals surface area contributed by atoms with Crippen LogP contribution in [-0.2, 0) is 17.8 Å². The van der Waals surface area contributed by atoms with Gasteiger partial charge in [-0.25, -0.2) is 0 Å². The summed E-state index contributed by atoms with van der Waals surface area (Å²) in [5.41, 5.74) is 5.10. The average Bonchev–Trinajstić information content (AvgIpc) is 2.90. The molecule has 6 nitrogen and oxygen atoms in total. The number of ether oxygens (including phenoxy) is 1. The van der Waals surface area contributed by atoms with E-state index >= 15 is 0 Å². The van der Waals surface area contributed by atoms with Crippen LogP contribution in [0, 0.1) is 0 Å². The number of para-hydroxylation sites is 1. The highest BCUT2D eigenvalue weighted by Gasteiger charge is 2.27. The Morgan fingerprint density at radius 2 is 1.62 bits per heavy atom. The Labute approximate surface area is 200 Å². The lowest BCUT2D eigenvalue weighted by Crippen LogP contribution is -2.49. The predicted octanol–water partition coefficient (Wildman–Crippen LogP) is 4.14. The summed E-state index contributed by atoms with van der Waals surface area (Å²) < 4.78 is 5.37. The van der Waals surface area contributed by atoms with Gasteiger partial charge in [0.25, 0.3) is 5.91 Å². The van der Waals surface area contributed by atoms with Gasteiger partial charge in [-0.3, -0.25) is 9.59 Å². The van der Waals surface area contributed by atoms with Crippen LogP contribution in [0.5, 0.6) is 5.75 Å². The molecule has 0 unspecified atom stereocenters. The molecular weight excluding hydrogens is 426 g/mol. The number of amides is 2. The van der Waals surface area contributed by atoms with E-state index in [9.17, 15) is 9.59 Å². The van der Waals surface area contributed by atoms with Gasteiger partial charge in [0, 0.05) is 44.0 Å².